The Hall–Kier alpha value is -2.33. The van der Waals surface area contributed by atoms with Crippen molar-refractivity contribution in [2.24, 2.45) is 0 Å². The van der Waals surface area contributed by atoms with Crippen LogP contribution in [0, 0.1) is 0 Å². The summed E-state index contributed by atoms with van der Waals surface area (Å²) in [5.74, 6) is 0. The van der Waals surface area contributed by atoms with E-state index in [4.69, 9.17) is 9.47 Å². The summed E-state index contributed by atoms with van der Waals surface area (Å²) in [5, 5.41) is 0. The van der Waals surface area contributed by atoms with E-state index in [1.165, 1.54) is 0 Å². The largest absolute Gasteiger partial charge is 0.443 e. The highest BCUT2D eigenvalue weighted by molar-refractivity contribution is 5.99. The molecule has 2 aromatic rings. The molecular formula is C19H19NO3. The first-order valence-corrected chi connectivity index (χ1v) is 7.82. The Balaban J connectivity index is 1.88. The van der Waals surface area contributed by atoms with Gasteiger partial charge < -0.3 is 9.47 Å². The Bertz CT molecular complexity index is 727. The van der Waals surface area contributed by atoms with Crippen LogP contribution in [0.5, 0.6) is 0 Å². The second-order valence-corrected chi connectivity index (χ2v) is 6.91. The summed E-state index contributed by atoms with van der Waals surface area (Å²) in [5.41, 5.74) is 3.17. The van der Waals surface area contributed by atoms with Crippen molar-refractivity contribution in [3.63, 3.8) is 0 Å². The average molecular weight is 309 g/mol. The van der Waals surface area contributed by atoms with E-state index in [0.29, 0.717) is 0 Å². The molecule has 2 aliphatic rings. The fraction of sp³-hybridized carbons (Fsp3) is 0.316. The number of anilines is 2. The van der Waals surface area contributed by atoms with Gasteiger partial charge in [-0.05, 0) is 32.9 Å². The average Bonchev–Trinajstić information content (AvgIpc) is 3.26. The molecule has 0 aromatic heterocycles. The van der Waals surface area contributed by atoms with Gasteiger partial charge in [0.25, 0.3) is 0 Å². The van der Waals surface area contributed by atoms with Crippen molar-refractivity contribution >= 4 is 17.5 Å². The third kappa shape index (κ3) is 2.39. The zero-order valence-electron chi connectivity index (χ0n) is 13.4. The minimum absolute atomic E-state index is 0.0137. The molecule has 4 nitrogen and oxygen atoms in total. The molecule has 4 heteroatoms. The van der Waals surface area contributed by atoms with Crippen LogP contribution >= 0.6 is 0 Å². The van der Waals surface area contributed by atoms with Gasteiger partial charge in [0, 0.05) is 11.1 Å². The summed E-state index contributed by atoms with van der Waals surface area (Å²) in [6.45, 7) is 5.63. The van der Waals surface area contributed by atoms with Gasteiger partial charge in [0.05, 0.1) is 11.4 Å². The summed E-state index contributed by atoms with van der Waals surface area (Å²) in [6, 6.07) is 15.7. The van der Waals surface area contributed by atoms with Crippen LogP contribution in [0.4, 0.5) is 16.2 Å². The number of epoxide rings is 1. The molecule has 0 aliphatic carbocycles. The Morgan fingerprint density at radius 3 is 1.91 bits per heavy atom. The van der Waals surface area contributed by atoms with Crippen molar-refractivity contribution in [2.45, 2.75) is 38.6 Å². The van der Waals surface area contributed by atoms with E-state index >= 15 is 0 Å². The number of carbonyl (C=O) groups is 1. The molecule has 118 valence electrons. The molecule has 23 heavy (non-hydrogen) atoms. The maximum Gasteiger partial charge on any atom is 0.419 e. The molecule has 2 heterocycles. The molecule has 0 spiro atoms. The smallest absolute Gasteiger partial charge is 0.419 e. The van der Waals surface area contributed by atoms with Crippen molar-refractivity contribution in [1.82, 2.24) is 0 Å². The van der Waals surface area contributed by atoms with Gasteiger partial charge in [-0.15, -0.1) is 0 Å². The monoisotopic (exact) mass is 309 g/mol. The Kier molecular flexibility index (Phi) is 3.00. The Labute approximate surface area is 135 Å². The number of benzene rings is 2. The predicted octanol–water partition coefficient (Wildman–Crippen LogP) is 4.89. The molecule has 2 atom stereocenters. The lowest BCUT2D eigenvalue weighted by molar-refractivity contribution is 0.0598. The number of hydrogen-bond acceptors (Lipinski definition) is 3. The number of carbonyl (C=O) groups excluding carboxylic acids is 1. The molecule has 1 amide bonds. The van der Waals surface area contributed by atoms with Crippen LogP contribution in [0.3, 0.4) is 0 Å². The third-order valence-electron chi connectivity index (χ3n) is 4.04. The summed E-state index contributed by atoms with van der Waals surface area (Å²) in [7, 11) is 0. The molecule has 0 radical (unpaired) electrons. The first-order valence-electron chi connectivity index (χ1n) is 7.82. The van der Waals surface area contributed by atoms with E-state index in [9.17, 15) is 4.79 Å². The second kappa shape index (κ2) is 4.83. The fourth-order valence-electron chi connectivity index (χ4n) is 3.08. The normalized spacial score (nSPS) is 21.6. The molecule has 2 aromatic carbocycles. The molecule has 0 N–H and O–H groups in total. The highest BCUT2D eigenvalue weighted by Crippen LogP contribution is 2.58. The van der Waals surface area contributed by atoms with Gasteiger partial charge in [-0.1, -0.05) is 36.4 Å². The highest BCUT2D eigenvalue weighted by atomic mass is 16.6. The van der Waals surface area contributed by atoms with Crippen LogP contribution in [0.25, 0.3) is 0 Å². The molecular weight excluding hydrogens is 290 g/mol. The van der Waals surface area contributed by atoms with Gasteiger partial charge in [-0.3, -0.25) is 0 Å². The van der Waals surface area contributed by atoms with E-state index < -0.39 is 5.60 Å². The van der Waals surface area contributed by atoms with E-state index in [1.54, 1.807) is 4.90 Å². The summed E-state index contributed by atoms with van der Waals surface area (Å²) in [4.78, 5) is 14.5. The van der Waals surface area contributed by atoms with Crippen LogP contribution in [0.1, 0.15) is 44.1 Å². The Morgan fingerprint density at radius 1 is 0.957 bits per heavy atom. The lowest BCUT2D eigenvalue weighted by Gasteiger charge is -2.29. The number of amides is 1. The topological polar surface area (TPSA) is 42.1 Å². The van der Waals surface area contributed by atoms with E-state index in [0.717, 1.165) is 22.5 Å². The van der Waals surface area contributed by atoms with Gasteiger partial charge in [0.1, 0.15) is 17.8 Å². The van der Waals surface area contributed by atoms with Gasteiger partial charge in [-0.2, -0.15) is 0 Å². The maximum absolute atomic E-state index is 12.9. The number of ether oxygens (including phenoxy) is 2. The SMILES string of the molecule is CC(C)(C)OC(=O)N1c2ccccc2C2OC2c2ccccc21. The molecule has 1 fully saturated rings. The Morgan fingerprint density at radius 2 is 1.43 bits per heavy atom. The summed E-state index contributed by atoms with van der Waals surface area (Å²) < 4.78 is 11.5. The quantitative estimate of drug-likeness (QED) is 0.651. The minimum atomic E-state index is -0.549. The van der Waals surface area contributed by atoms with Crippen LogP contribution in [0.2, 0.25) is 0 Å². The molecule has 4 rings (SSSR count). The van der Waals surface area contributed by atoms with Crippen molar-refractivity contribution < 1.29 is 14.3 Å². The minimum Gasteiger partial charge on any atom is -0.443 e. The number of rotatable bonds is 0. The summed E-state index contributed by atoms with van der Waals surface area (Å²) >= 11 is 0. The zero-order chi connectivity index (χ0) is 16.2. The maximum atomic E-state index is 12.9. The zero-order valence-corrected chi connectivity index (χ0v) is 13.4. The van der Waals surface area contributed by atoms with Gasteiger partial charge in [0.2, 0.25) is 0 Å². The summed E-state index contributed by atoms with van der Waals surface area (Å²) in [6.07, 6.45) is -0.335. The highest BCUT2D eigenvalue weighted by Gasteiger charge is 2.48. The predicted molar refractivity (Wildman–Crippen MR) is 87.8 cm³/mol. The standard InChI is InChI=1S/C19H19NO3/c1-19(2,3)23-18(21)20-14-10-6-4-8-12(14)16-17(22-16)13-9-5-7-11-15(13)20/h4-11,16-17H,1-3H3. The number of para-hydroxylation sites is 2. The molecule has 2 unspecified atom stereocenters. The van der Waals surface area contributed by atoms with Gasteiger partial charge in [0.15, 0.2) is 0 Å². The first-order chi connectivity index (χ1) is 11.0. The third-order valence-corrected chi connectivity index (χ3v) is 4.04. The van der Waals surface area contributed by atoms with Crippen molar-refractivity contribution in [1.29, 1.82) is 0 Å². The van der Waals surface area contributed by atoms with E-state index in [2.05, 4.69) is 0 Å². The first kappa shape index (κ1) is 14.3. The fourth-order valence-corrected chi connectivity index (χ4v) is 3.08. The van der Waals surface area contributed by atoms with Gasteiger partial charge in [-0.25, -0.2) is 9.69 Å². The van der Waals surface area contributed by atoms with E-state index in [1.807, 2.05) is 69.3 Å². The number of hydrogen-bond donors (Lipinski definition) is 0. The lowest BCUT2D eigenvalue weighted by atomic mass is 10.0. The van der Waals surface area contributed by atoms with E-state index in [-0.39, 0.29) is 18.3 Å². The van der Waals surface area contributed by atoms with Gasteiger partial charge >= 0.3 is 6.09 Å². The molecule has 1 saturated heterocycles. The molecule has 0 bridgehead atoms. The van der Waals surface area contributed by atoms with Crippen LogP contribution in [0.15, 0.2) is 48.5 Å². The number of fused-ring (bicyclic) bond motifs is 5. The van der Waals surface area contributed by atoms with Crippen molar-refractivity contribution in [3.05, 3.63) is 59.7 Å². The van der Waals surface area contributed by atoms with Crippen molar-refractivity contribution in [2.75, 3.05) is 4.90 Å². The van der Waals surface area contributed by atoms with Crippen LogP contribution < -0.4 is 4.90 Å². The second-order valence-electron chi connectivity index (χ2n) is 6.91. The van der Waals surface area contributed by atoms with Crippen LogP contribution in [-0.4, -0.2) is 11.7 Å². The molecule has 2 aliphatic heterocycles. The number of nitrogens with zero attached hydrogens (tertiary/aromatic N) is 1. The lowest BCUT2D eigenvalue weighted by Crippen LogP contribution is -2.34. The molecule has 0 saturated carbocycles. The van der Waals surface area contributed by atoms with Crippen LogP contribution in [-0.2, 0) is 9.47 Å². The van der Waals surface area contributed by atoms with Crippen molar-refractivity contribution in [3.8, 4) is 0 Å².